The van der Waals surface area contributed by atoms with Gasteiger partial charge < -0.3 is 15.3 Å². The largest absolute Gasteiger partial charge is 0.396 e. The Morgan fingerprint density at radius 1 is 1.06 bits per heavy atom. The predicted molar refractivity (Wildman–Crippen MR) is 66.1 cm³/mol. The van der Waals surface area contributed by atoms with Gasteiger partial charge in [0.25, 0.3) is 0 Å². The molecule has 0 aromatic rings. The lowest BCUT2D eigenvalue weighted by Gasteiger charge is -2.33. The highest BCUT2D eigenvalue weighted by Gasteiger charge is 2.33. The molecular formula is C13H28O3. The van der Waals surface area contributed by atoms with Crippen molar-refractivity contribution in [1.29, 1.82) is 0 Å². The number of hydrogen-bond acceptors (Lipinski definition) is 3. The Kier molecular flexibility index (Phi) is 6.53. The molecule has 3 atom stereocenters. The van der Waals surface area contributed by atoms with E-state index in [0.717, 1.165) is 6.42 Å². The van der Waals surface area contributed by atoms with Gasteiger partial charge in [-0.05, 0) is 37.5 Å². The second-order valence-electron chi connectivity index (χ2n) is 5.77. The number of hydrogen-bond donors (Lipinski definition) is 3. The normalized spacial score (nSPS) is 19.9. The summed E-state index contributed by atoms with van der Waals surface area (Å²) in [6, 6.07) is 0. The Hall–Kier alpha value is -0.120. The zero-order valence-corrected chi connectivity index (χ0v) is 11.3. The molecule has 0 unspecified atom stereocenters. The van der Waals surface area contributed by atoms with Gasteiger partial charge in [-0.2, -0.15) is 0 Å². The van der Waals surface area contributed by atoms with Gasteiger partial charge in [-0.25, -0.2) is 0 Å². The molecule has 0 aromatic carbocycles. The van der Waals surface area contributed by atoms with Gasteiger partial charge in [-0.15, -0.1) is 0 Å². The van der Waals surface area contributed by atoms with E-state index in [9.17, 15) is 15.3 Å². The van der Waals surface area contributed by atoms with E-state index in [4.69, 9.17) is 0 Å². The summed E-state index contributed by atoms with van der Waals surface area (Å²) in [7, 11) is 0. The summed E-state index contributed by atoms with van der Waals surface area (Å²) in [5, 5.41) is 29.2. The van der Waals surface area contributed by atoms with Crippen molar-refractivity contribution in [3.8, 4) is 0 Å². The van der Waals surface area contributed by atoms with E-state index in [0.29, 0.717) is 12.3 Å². The van der Waals surface area contributed by atoms with E-state index in [1.54, 1.807) is 6.92 Å². The van der Waals surface area contributed by atoms with Crippen LogP contribution in [0.5, 0.6) is 0 Å². The molecule has 3 nitrogen and oxygen atoms in total. The predicted octanol–water partition coefficient (Wildman–Crippen LogP) is 1.80. The first-order valence-electron chi connectivity index (χ1n) is 6.23. The summed E-state index contributed by atoms with van der Waals surface area (Å²) in [5.74, 6) is 0.643. The van der Waals surface area contributed by atoms with Gasteiger partial charge in [0.05, 0.1) is 11.7 Å². The monoisotopic (exact) mass is 232 g/mol. The van der Waals surface area contributed by atoms with E-state index in [-0.39, 0.29) is 18.4 Å². The Bertz CT molecular complexity index is 188. The Balaban J connectivity index is 4.26. The molecule has 0 aliphatic carbocycles. The third-order valence-electron chi connectivity index (χ3n) is 3.47. The van der Waals surface area contributed by atoms with Crippen molar-refractivity contribution in [1.82, 2.24) is 0 Å². The van der Waals surface area contributed by atoms with E-state index < -0.39 is 11.7 Å². The van der Waals surface area contributed by atoms with Crippen molar-refractivity contribution >= 4 is 0 Å². The average molecular weight is 232 g/mol. The first-order chi connectivity index (χ1) is 7.22. The minimum atomic E-state index is -1.06. The molecule has 98 valence electrons. The first-order valence-corrected chi connectivity index (χ1v) is 6.23. The third kappa shape index (κ3) is 4.81. The molecule has 0 fully saturated rings. The van der Waals surface area contributed by atoms with Gasteiger partial charge >= 0.3 is 0 Å². The van der Waals surface area contributed by atoms with E-state index in [2.05, 4.69) is 13.8 Å². The van der Waals surface area contributed by atoms with Gasteiger partial charge in [-0.1, -0.05) is 27.7 Å². The summed E-state index contributed by atoms with van der Waals surface area (Å²) in [6.07, 6.45) is 0.555. The van der Waals surface area contributed by atoms with E-state index in [1.807, 2.05) is 13.8 Å². The summed E-state index contributed by atoms with van der Waals surface area (Å²) in [5.41, 5.74) is -1.06. The van der Waals surface area contributed by atoms with Gasteiger partial charge in [-0.3, -0.25) is 0 Å². The van der Waals surface area contributed by atoms with Gasteiger partial charge in [0.1, 0.15) is 0 Å². The van der Waals surface area contributed by atoms with Crippen molar-refractivity contribution in [3.63, 3.8) is 0 Å². The lowest BCUT2D eigenvalue weighted by Crippen LogP contribution is -2.43. The maximum Gasteiger partial charge on any atom is 0.0880 e. The highest BCUT2D eigenvalue weighted by Crippen LogP contribution is 2.26. The minimum absolute atomic E-state index is 0.0432. The van der Waals surface area contributed by atoms with Crippen molar-refractivity contribution in [2.45, 2.75) is 59.2 Å². The highest BCUT2D eigenvalue weighted by atomic mass is 16.3. The lowest BCUT2D eigenvalue weighted by atomic mass is 9.82. The molecule has 0 rings (SSSR count). The molecule has 0 radical (unpaired) electrons. The third-order valence-corrected chi connectivity index (χ3v) is 3.47. The van der Waals surface area contributed by atoms with Crippen LogP contribution in [-0.4, -0.2) is 33.6 Å². The molecule has 0 saturated heterocycles. The zero-order valence-electron chi connectivity index (χ0n) is 11.3. The molecule has 0 aliphatic rings. The van der Waals surface area contributed by atoms with Crippen LogP contribution in [-0.2, 0) is 0 Å². The summed E-state index contributed by atoms with van der Waals surface area (Å²) >= 11 is 0. The zero-order chi connectivity index (χ0) is 12.9. The topological polar surface area (TPSA) is 60.7 Å². The molecular weight excluding hydrogens is 204 g/mol. The molecule has 3 N–H and O–H groups in total. The Labute approximate surface area is 99.5 Å². The van der Waals surface area contributed by atoms with Crippen LogP contribution >= 0.6 is 0 Å². The fourth-order valence-electron chi connectivity index (χ4n) is 1.98. The van der Waals surface area contributed by atoms with Gasteiger partial charge in [0, 0.05) is 6.61 Å². The molecule has 0 aromatic heterocycles. The van der Waals surface area contributed by atoms with Crippen LogP contribution in [0.2, 0.25) is 0 Å². The quantitative estimate of drug-likeness (QED) is 0.627. The molecule has 0 spiro atoms. The fraction of sp³-hybridized carbons (Fsp3) is 1.00. The van der Waals surface area contributed by atoms with Crippen LogP contribution in [0.25, 0.3) is 0 Å². The highest BCUT2D eigenvalue weighted by molar-refractivity contribution is 4.84. The molecule has 0 aliphatic heterocycles. The number of aliphatic hydroxyl groups excluding tert-OH is 2. The SMILES string of the molecule is CC(C)[C@H](CO)CC[C@@](C)(O)[C@@H](O)C(C)C. The second-order valence-corrected chi connectivity index (χ2v) is 5.77. The standard InChI is InChI=1S/C13H28O3/c1-9(2)11(8-14)6-7-13(5,16)12(15)10(3)4/h9-12,14-16H,6-8H2,1-5H3/t11-,12-,13+/m0/s1. The fourth-order valence-corrected chi connectivity index (χ4v) is 1.98. The van der Waals surface area contributed by atoms with Crippen molar-refractivity contribution in [2.24, 2.45) is 17.8 Å². The number of rotatable bonds is 7. The van der Waals surface area contributed by atoms with Crippen LogP contribution in [0, 0.1) is 17.8 Å². The molecule has 0 heterocycles. The smallest absolute Gasteiger partial charge is 0.0880 e. The maximum atomic E-state index is 10.1. The van der Waals surface area contributed by atoms with E-state index in [1.165, 1.54) is 0 Å². The summed E-state index contributed by atoms with van der Waals surface area (Å²) in [4.78, 5) is 0. The minimum Gasteiger partial charge on any atom is -0.396 e. The van der Waals surface area contributed by atoms with E-state index >= 15 is 0 Å². The van der Waals surface area contributed by atoms with Crippen molar-refractivity contribution < 1.29 is 15.3 Å². The lowest BCUT2D eigenvalue weighted by molar-refractivity contribution is -0.0911. The van der Waals surface area contributed by atoms with Crippen molar-refractivity contribution in [2.75, 3.05) is 6.61 Å². The van der Waals surface area contributed by atoms with Crippen molar-refractivity contribution in [3.05, 3.63) is 0 Å². The van der Waals surface area contributed by atoms with Crippen LogP contribution in [0.15, 0.2) is 0 Å². The molecule has 16 heavy (non-hydrogen) atoms. The summed E-state index contributed by atoms with van der Waals surface area (Å²) < 4.78 is 0. The molecule has 0 bridgehead atoms. The first kappa shape index (κ1) is 15.9. The second kappa shape index (κ2) is 6.58. The molecule has 0 saturated carbocycles. The van der Waals surface area contributed by atoms with Crippen LogP contribution in [0.4, 0.5) is 0 Å². The van der Waals surface area contributed by atoms with Crippen LogP contribution < -0.4 is 0 Å². The van der Waals surface area contributed by atoms with Gasteiger partial charge in [0.15, 0.2) is 0 Å². The Morgan fingerprint density at radius 2 is 1.56 bits per heavy atom. The van der Waals surface area contributed by atoms with Crippen LogP contribution in [0.3, 0.4) is 0 Å². The summed E-state index contributed by atoms with van der Waals surface area (Å²) in [6.45, 7) is 9.73. The number of aliphatic hydroxyl groups is 3. The average Bonchev–Trinajstić information content (AvgIpc) is 2.16. The molecule has 3 heteroatoms. The molecule has 0 amide bonds. The maximum absolute atomic E-state index is 10.1. The Morgan fingerprint density at radius 3 is 1.88 bits per heavy atom. The van der Waals surface area contributed by atoms with Gasteiger partial charge in [0.2, 0.25) is 0 Å². The van der Waals surface area contributed by atoms with Crippen LogP contribution in [0.1, 0.15) is 47.5 Å².